The monoisotopic (exact) mass is 243 g/mol. The van der Waals surface area contributed by atoms with Gasteiger partial charge in [-0.1, -0.05) is 13.8 Å². The Bertz CT molecular complexity index is 285. The molecule has 0 aromatic rings. The topological polar surface area (TPSA) is 49.3 Å². The fourth-order valence-corrected chi connectivity index (χ4v) is 3.47. The van der Waals surface area contributed by atoms with Gasteiger partial charge in [-0.25, -0.2) is 0 Å². The maximum absolute atomic E-state index is 11.8. The Morgan fingerprint density at radius 3 is 2.50 bits per heavy atom. The van der Waals surface area contributed by atoms with E-state index >= 15 is 0 Å². The first kappa shape index (κ1) is 12.2. The van der Waals surface area contributed by atoms with E-state index in [0.29, 0.717) is 6.54 Å². The second-order valence-electron chi connectivity index (χ2n) is 5.80. The molecule has 1 unspecified atom stereocenters. The summed E-state index contributed by atoms with van der Waals surface area (Å²) in [5.74, 6) is 2.29. The summed E-state index contributed by atoms with van der Waals surface area (Å²) in [6, 6.07) is 0. The maximum Gasteiger partial charge on any atom is 0.223 e. The Balaban J connectivity index is 1.76. The second-order valence-corrected chi connectivity index (χ2v) is 7.02. The van der Waals surface area contributed by atoms with Crippen LogP contribution in [0.2, 0.25) is 0 Å². The third-order valence-electron chi connectivity index (χ3n) is 3.85. The van der Waals surface area contributed by atoms with Crippen LogP contribution < -0.4 is 5.32 Å². The first-order chi connectivity index (χ1) is 7.43. The number of carbonyl (C=O) groups is 1. The molecule has 1 aliphatic carbocycles. The average Bonchev–Trinajstić information content (AvgIpc) is 2.86. The molecule has 3 nitrogen and oxygen atoms in total. The van der Waals surface area contributed by atoms with Gasteiger partial charge in [-0.05, 0) is 36.2 Å². The van der Waals surface area contributed by atoms with Crippen molar-refractivity contribution < 1.29 is 9.90 Å². The lowest BCUT2D eigenvalue weighted by Gasteiger charge is -2.31. The third-order valence-corrected chi connectivity index (χ3v) is 4.83. The third kappa shape index (κ3) is 2.72. The highest BCUT2D eigenvalue weighted by atomic mass is 32.2. The van der Waals surface area contributed by atoms with Crippen LogP contribution in [0, 0.1) is 11.3 Å². The molecule has 1 saturated heterocycles. The van der Waals surface area contributed by atoms with Gasteiger partial charge in [0.15, 0.2) is 0 Å². The van der Waals surface area contributed by atoms with E-state index in [1.54, 1.807) is 0 Å². The first-order valence-corrected chi connectivity index (χ1v) is 7.16. The summed E-state index contributed by atoms with van der Waals surface area (Å²) in [5, 5.41) is 13.1. The zero-order chi connectivity index (χ0) is 11.8. The molecule has 2 N–H and O–H groups in total. The molecule has 4 heteroatoms. The van der Waals surface area contributed by atoms with Crippen molar-refractivity contribution in [3.8, 4) is 0 Å². The van der Waals surface area contributed by atoms with Gasteiger partial charge in [0.2, 0.25) is 5.91 Å². The lowest BCUT2D eigenvalue weighted by molar-refractivity contribution is -0.124. The van der Waals surface area contributed by atoms with E-state index in [9.17, 15) is 9.90 Å². The molecule has 1 aliphatic heterocycles. The van der Waals surface area contributed by atoms with Gasteiger partial charge < -0.3 is 10.4 Å². The summed E-state index contributed by atoms with van der Waals surface area (Å²) in [6.45, 7) is 4.66. The molecule has 0 spiro atoms. The van der Waals surface area contributed by atoms with E-state index < -0.39 is 5.60 Å². The molecule has 1 saturated carbocycles. The maximum atomic E-state index is 11.8. The first-order valence-electron chi connectivity index (χ1n) is 6.01. The van der Waals surface area contributed by atoms with Gasteiger partial charge in [-0.15, -0.1) is 0 Å². The highest BCUT2D eigenvalue weighted by Crippen LogP contribution is 2.51. The number of thioether (sulfide) groups is 1. The summed E-state index contributed by atoms with van der Waals surface area (Å²) in [6.07, 6.45) is 2.57. The molecule has 0 aromatic carbocycles. The summed E-state index contributed by atoms with van der Waals surface area (Å²) >= 11 is 1.88. The fourth-order valence-electron chi connectivity index (χ4n) is 2.22. The number of hydrogen-bond acceptors (Lipinski definition) is 3. The molecular formula is C12H21NO2S. The normalized spacial score (nSPS) is 30.8. The van der Waals surface area contributed by atoms with E-state index in [1.165, 1.54) is 0 Å². The van der Waals surface area contributed by atoms with Crippen LogP contribution in [0.1, 0.15) is 33.1 Å². The van der Waals surface area contributed by atoms with E-state index in [1.807, 2.05) is 11.8 Å². The SMILES string of the molecule is CC1(C)CC1C(=O)NCC1(O)CCSCC1. The van der Waals surface area contributed by atoms with Crippen LogP contribution in [0.3, 0.4) is 0 Å². The zero-order valence-electron chi connectivity index (χ0n) is 10.1. The van der Waals surface area contributed by atoms with E-state index in [4.69, 9.17) is 0 Å². The van der Waals surface area contributed by atoms with E-state index in [-0.39, 0.29) is 17.2 Å². The lowest BCUT2D eigenvalue weighted by Crippen LogP contribution is -2.46. The average molecular weight is 243 g/mol. The number of rotatable bonds is 3. The van der Waals surface area contributed by atoms with Gasteiger partial charge in [0.1, 0.15) is 0 Å². The Labute approximate surface area is 101 Å². The predicted molar refractivity (Wildman–Crippen MR) is 66.4 cm³/mol. The molecule has 1 amide bonds. The highest BCUT2D eigenvalue weighted by molar-refractivity contribution is 7.99. The van der Waals surface area contributed by atoms with Gasteiger partial charge >= 0.3 is 0 Å². The van der Waals surface area contributed by atoms with Crippen molar-refractivity contribution in [1.29, 1.82) is 0 Å². The number of hydrogen-bond donors (Lipinski definition) is 2. The van der Waals surface area contributed by atoms with Crippen molar-refractivity contribution in [2.45, 2.75) is 38.7 Å². The summed E-state index contributed by atoms with van der Waals surface area (Å²) in [4.78, 5) is 11.8. The van der Waals surface area contributed by atoms with Crippen molar-refractivity contribution in [3.63, 3.8) is 0 Å². The van der Waals surface area contributed by atoms with Crippen molar-refractivity contribution in [2.24, 2.45) is 11.3 Å². The summed E-state index contributed by atoms with van der Waals surface area (Å²) < 4.78 is 0. The molecule has 1 heterocycles. The van der Waals surface area contributed by atoms with Gasteiger partial charge in [0.05, 0.1) is 5.60 Å². The van der Waals surface area contributed by atoms with Gasteiger partial charge in [-0.2, -0.15) is 11.8 Å². The number of amides is 1. The summed E-state index contributed by atoms with van der Waals surface area (Å²) in [5.41, 5.74) is -0.477. The van der Waals surface area contributed by atoms with Crippen molar-refractivity contribution in [3.05, 3.63) is 0 Å². The highest BCUT2D eigenvalue weighted by Gasteiger charge is 2.50. The van der Waals surface area contributed by atoms with Crippen LogP contribution >= 0.6 is 11.8 Å². The minimum atomic E-state index is -0.653. The molecular weight excluding hydrogens is 222 g/mol. The molecule has 2 fully saturated rings. The molecule has 1 atom stereocenters. The lowest BCUT2D eigenvalue weighted by atomic mass is 9.96. The Morgan fingerprint density at radius 1 is 1.44 bits per heavy atom. The Kier molecular flexibility index (Phi) is 3.23. The Morgan fingerprint density at radius 2 is 2.00 bits per heavy atom. The van der Waals surface area contributed by atoms with Crippen molar-refractivity contribution in [2.75, 3.05) is 18.1 Å². The van der Waals surface area contributed by atoms with Crippen LogP contribution in [-0.4, -0.2) is 34.7 Å². The number of nitrogens with one attached hydrogen (secondary N) is 1. The number of aliphatic hydroxyl groups is 1. The van der Waals surface area contributed by atoms with E-state index in [2.05, 4.69) is 19.2 Å². The zero-order valence-corrected chi connectivity index (χ0v) is 10.9. The molecule has 2 rings (SSSR count). The van der Waals surface area contributed by atoms with Gasteiger partial charge in [0, 0.05) is 12.5 Å². The quantitative estimate of drug-likeness (QED) is 0.788. The largest absolute Gasteiger partial charge is 0.388 e. The minimum absolute atomic E-state index is 0.122. The van der Waals surface area contributed by atoms with Gasteiger partial charge in [0.25, 0.3) is 0 Å². The van der Waals surface area contributed by atoms with Gasteiger partial charge in [-0.3, -0.25) is 4.79 Å². The summed E-state index contributed by atoms with van der Waals surface area (Å²) in [7, 11) is 0. The van der Waals surface area contributed by atoms with Crippen molar-refractivity contribution >= 4 is 17.7 Å². The van der Waals surface area contributed by atoms with Crippen LogP contribution in [-0.2, 0) is 4.79 Å². The molecule has 16 heavy (non-hydrogen) atoms. The minimum Gasteiger partial charge on any atom is -0.388 e. The second kappa shape index (κ2) is 4.22. The molecule has 2 aliphatic rings. The van der Waals surface area contributed by atoms with Crippen LogP contribution in [0.25, 0.3) is 0 Å². The van der Waals surface area contributed by atoms with Crippen molar-refractivity contribution in [1.82, 2.24) is 5.32 Å². The smallest absolute Gasteiger partial charge is 0.223 e. The molecule has 92 valence electrons. The van der Waals surface area contributed by atoms with Crippen LogP contribution in [0.4, 0.5) is 0 Å². The van der Waals surface area contributed by atoms with Crippen LogP contribution in [0.5, 0.6) is 0 Å². The van der Waals surface area contributed by atoms with E-state index in [0.717, 1.165) is 30.8 Å². The molecule has 0 aromatic heterocycles. The fraction of sp³-hybridized carbons (Fsp3) is 0.917. The standard InChI is InChI=1S/C12H21NO2S/c1-11(2)7-9(11)10(14)13-8-12(15)3-5-16-6-4-12/h9,15H,3-8H2,1-2H3,(H,13,14). The predicted octanol–water partition coefficient (Wildman–Crippen LogP) is 1.41. The number of carbonyl (C=O) groups excluding carboxylic acids is 1. The molecule has 0 bridgehead atoms. The molecule has 0 radical (unpaired) electrons. The Hall–Kier alpha value is -0.220. The van der Waals surface area contributed by atoms with Crippen LogP contribution in [0.15, 0.2) is 0 Å².